The van der Waals surface area contributed by atoms with E-state index in [1.165, 1.54) is 4.31 Å². The van der Waals surface area contributed by atoms with Crippen LogP contribution in [0.1, 0.15) is 25.7 Å². The lowest BCUT2D eigenvalue weighted by Gasteiger charge is -2.33. The van der Waals surface area contributed by atoms with Crippen molar-refractivity contribution in [2.45, 2.75) is 31.7 Å². The SMILES string of the molecule is CNCC1CCCN(S(=O)(=O)NC2CCS(=O)(=O)CC2)C1. The van der Waals surface area contributed by atoms with Gasteiger partial charge in [0, 0.05) is 19.1 Å². The van der Waals surface area contributed by atoms with Crippen LogP contribution in [0.3, 0.4) is 0 Å². The van der Waals surface area contributed by atoms with Crippen LogP contribution in [-0.4, -0.2) is 65.4 Å². The fourth-order valence-corrected chi connectivity index (χ4v) is 6.07. The Bertz CT molecular complexity index is 531. The summed E-state index contributed by atoms with van der Waals surface area (Å²) in [6, 6.07) is -0.261. The Hall–Kier alpha value is -0.220. The highest BCUT2D eigenvalue weighted by atomic mass is 32.2. The van der Waals surface area contributed by atoms with E-state index in [1.54, 1.807) is 0 Å². The molecule has 21 heavy (non-hydrogen) atoms. The van der Waals surface area contributed by atoms with E-state index in [1.807, 2.05) is 7.05 Å². The molecule has 2 fully saturated rings. The molecule has 2 rings (SSSR count). The van der Waals surface area contributed by atoms with Crippen LogP contribution in [0.5, 0.6) is 0 Å². The molecule has 7 nitrogen and oxygen atoms in total. The first-order valence-corrected chi connectivity index (χ1v) is 10.7. The first-order chi connectivity index (χ1) is 9.82. The second-order valence-electron chi connectivity index (χ2n) is 5.97. The summed E-state index contributed by atoms with van der Waals surface area (Å²) in [7, 11) is -4.61. The van der Waals surface area contributed by atoms with Crippen molar-refractivity contribution in [3.63, 3.8) is 0 Å². The normalized spacial score (nSPS) is 28.5. The molecule has 0 bridgehead atoms. The molecule has 1 atom stereocenters. The Morgan fingerprint density at radius 1 is 1.19 bits per heavy atom. The highest BCUT2D eigenvalue weighted by Gasteiger charge is 2.32. The smallest absolute Gasteiger partial charge is 0.279 e. The van der Waals surface area contributed by atoms with E-state index in [2.05, 4.69) is 10.0 Å². The Kier molecular flexibility index (Phi) is 5.64. The maximum Gasteiger partial charge on any atom is 0.279 e. The zero-order chi connectivity index (χ0) is 15.5. The van der Waals surface area contributed by atoms with E-state index in [0.29, 0.717) is 31.8 Å². The lowest BCUT2D eigenvalue weighted by atomic mass is 10.00. The Balaban J connectivity index is 1.92. The third-order valence-electron chi connectivity index (χ3n) is 4.18. The van der Waals surface area contributed by atoms with Crippen LogP contribution in [0.15, 0.2) is 0 Å². The van der Waals surface area contributed by atoms with Gasteiger partial charge in [-0.25, -0.2) is 8.42 Å². The van der Waals surface area contributed by atoms with Gasteiger partial charge in [-0.3, -0.25) is 0 Å². The van der Waals surface area contributed by atoms with Crippen molar-refractivity contribution in [1.29, 1.82) is 0 Å². The van der Waals surface area contributed by atoms with Crippen LogP contribution >= 0.6 is 0 Å². The van der Waals surface area contributed by atoms with Gasteiger partial charge in [0.2, 0.25) is 0 Å². The molecular weight excluding hydrogens is 314 g/mol. The predicted octanol–water partition coefficient (Wildman–Crippen LogP) is -0.671. The zero-order valence-corrected chi connectivity index (χ0v) is 14.0. The average molecular weight is 339 g/mol. The molecule has 2 aliphatic heterocycles. The second-order valence-corrected chi connectivity index (χ2v) is 9.98. The van der Waals surface area contributed by atoms with Gasteiger partial charge in [0.1, 0.15) is 9.84 Å². The van der Waals surface area contributed by atoms with Crippen LogP contribution in [0.2, 0.25) is 0 Å². The quantitative estimate of drug-likeness (QED) is 0.693. The summed E-state index contributed by atoms with van der Waals surface area (Å²) < 4.78 is 51.8. The molecule has 0 aliphatic carbocycles. The maximum absolute atomic E-state index is 12.4. The van der Waals surface area contributed by atoms with Crippen LogP contribution < -0.4 is 10.0 Å². The third kappa shape index (κ3) is 4.88. The fraction of sp³-hybridized carbons (Fsp3) is 1.00. The van der Waals surface area contributed by atoms with E-state index >= 15 is 0 Å². The van der Waals surface area contributed by atoms with Gasteiger partial charge in [-0.15, -0.1) is 0 Å². The van der Waals surface area contributed by atoms with Gasteiger partial charge in [0.15, 0.2) is 0 Å². The molecule has 0 saturated carbocycles. The van der Waals surface area contributed by atoms with E-state index in [0.717, 1.165) is 19.4 Å². The Labute approximate surface area is 127 Å². The van der Waals surface area contributed by atoms with Gasteiger partial charge in [0.25, 0.3) is 10.2 Å². The second kappa shape index (κ2) is 6.91. The van der Waals surface area contributed by atoms with Crippen molar-refractivity contribution in [3.05, 3.63) is 0 Å². The minimum Gasteiger partial charge on any atom is -0.319 e. The van der Waals surface area contributed by atoms with E-state index in [-0.39, 0.29) is 17.5 Å². The number of sulfone groups is 1. The van der Waals surface area contributed by atoms with Gasteiger partial charge >= 0.3 is 0 Å². The summed E-state index contributed by atoms with van der Waals surface area (Å²) in [6.07, 6.45) is 2.64. The van der Waals surface area contributed by atoms with Crippen molar-refractivity contribution in [2.75, 3.05) is 38.2 Å². The molecule has 124 valence electrons. The molecule has 2 N–H and O–H groups in total. The van der Waals surface area contributed by atoms with E-state index < -0.39 is 20.0 Å². The van der Waals surface area contributed by atoms with Crippen LogP contribution in [0.4, 0.5) is 0 Å². The molecule has 9 heteroatoms. The lowest BCUT2D eigenvalue weighted by Crippen LogP contribution is -2.51. The number of hydrogen-bond donors (Lipinski definition) is 2. The minimum absolute atomic E-state index is 0.0720. The zero-order valence-electron chi connectivity index (χ0n) is 12.4. The van der Waals surface area contributed by atoms with Crippen LogP contribution in [-0.2, 0) is 20.0 Å². The summed E-state index contributed by atoms with van der Waals surface area (Å²) in [6.45, 7) is 1.88. The molecule has 0 aromatic heterocycles. The largest absolute Gasteiger partial charge is 0.319 e. The number of nitrogens with one attached hydrogen (secondary N) is 2. The van der Waals surface area contributed by atoms with Gasteiger partial charge in [-0.05, 0) is 45.2 Å². The summed E-state index contributed by atoms with van der Waals surface area (Å²) in [4.78, 5) is 0. The van der Waals surface area contributed by atoms with Crippen molar-refractivity contribution < 1.29 is 16.8 Å². The summed E-state index contributed by atoms with van der Waals surface area (Å²) >= 11 is 0. The number of piperidine rings is 1. The first-order valence-electron chi connectivity index (χ1n) is 7.45. The summed E-state index contributed by atoms with van der Waals surface area (Å²) in [5.41, 5.74) is 0. The monoisotopic (exact) mass is 339 g/mol. The topological polar surface area (TPSA) is 95.6 Å². The van der Waals surface area contributed by atoms with E-state index in [9.17, 15) is 16.8 Å². The lowest BCUT2D eigenvalue weighted by molar-refractivity contribution is 0.259. The average Bonchev–Trinajstić information content (AvgIpc) is 2.42. The number of rotatable bonds is 5. The standard InChI is InChI=1S/C12H25N3O4S2/c1-13-9-11-3-2-6-15(10-11)21(18,19)14-12-4-7-20(16,17)8-5-12/h11-14H,2-10H2,1H3. The van der Waals surface area contributed by atoms with Crippen molar-refractivity contribution in [1.82, 2.24) is 14.3 Å². The third-order valence-corrected chi connectivity index (χ3v) is 7.54. The Morgan fingerprint density at radius 2 is 1.86 bits per heavy atom. The van der Waals surface area contributed by atoms with Crippen molar-refractivity contribution in [2.24, 2.45) is 5.92 Å². The van der Waals surface area contributed by atoms with E-state index in [4.69, 9.17) is 0 Å². The highest BCUT2D eigenvalue weighted by Crippen LogP contribution is 2.20. The molecule has 0 aromatic rings. The molecule has 2 heterocycles. The first kappa shape index (κ1) is 17.1. The molecule has 0 radical (unpaired) electrons. The van der Waals surface area contributed by atoms with Crippen molar-refractivity contribution in [3.8, 4) is 0 Å². The molecule has 0 spiro atoms. The van der Waals surface area contributed by atoms with Crippen LogP contribution in [0.25, 0.3) is 0 Å². The maximum atomic E-state index is 12.4. The van der Waals surface area contributed by atoms with Gasteiger partial charge in [-0.2, -0.15) is 17.4 Å². The Morgan fingerprint density at radius 3 is 2.48 bits per heavy atom. The number of hydrogen-bond acceptors (Lipinski definition) is 5. The molecule has 1 unspecified atom stereocenters. The fourth-order valence-electron chi connectivity index (χ4n) is 2.99. The van der Waals surface area contributed by atoms with Gasteiger partial charge in [-0.1, -0.05) is 0 Å². The summed E-state index contributed by atoms with van der Waals surface area (Å²) in [5.74, 6) is 0.484. The van der Waals surface area contributed by atoms with Crippen LogP contribution in [0, 0.1) is 5.92 Å². The summed E-state index contributed by atoms with van der Waals surface area (Å²) in [5, 5.41) is 3.09. The van der Waals surface area contributed by atoms with Crippen molar-refractivity contribution >= 4 is 20.0 Å². The minimum atomic E-state index is -3.51. The number of nitrogens with zero attached hydrogens (tertiary/aromatic N) is 1. The van der Waals surface area contributed by atoms with Gasteiger partial charge in [0.05, 0.1) is 11.5 Å². The molecule has 2 saturated heterocycles. The molecule has 0 amide bonds. The molecular formula is C12H25N3O4S2. The highest BCUT2D eigenvalue weighted by molar-refractivity contribution is 7.91. The predicted molar refractivity (Wildman–Crippen MR) is 82.0 cm³/mol. The molecule has 2 aliphatic rings. The molecule has 0 aromatic carbocycles. The van der Waals surface area contributed by atoms with Gasteiger partial charge < -0.3 is 5.32 Å².